The molecule has 0 atom stereocenters. The first kappa shape index (κ1) is 22.5. The quantitative estimate of drug-likeness (QED) is 0.544. The summed E-state index contributed by atoms with van der Waals surface area (Å²) in [5, 5.41) is 2.33. The lowest BCUT2D eigenvalue weighted by Gasteiger charge is -2.41. The predicted molar refractivity (Wildman–Crippen MR) is 132 cm³/mol. The van der Waals surface area contributed by atoms with Crippen molar-refractivity contribution in [2.24, 2.45) is 0 Å². The van der Waals surface area contributed by atoms with E-state index in [1.165, 1.54) is 0 Å². The van der Waals surface area contributed by atoms with Gasteiger partial charge in [0.2, 0.25) is 0 Å². The van der Waals surface area contributed by atoms with E-state index in [2.05, 4.69) is 50.2 Å². The lowest BCUT2D eigenvalue weighted by Crippen LogP contribution is -2.54. The Morgan fingerprint density at radius 2 is 1.73 bits per heavy atom. The lowest BCUT2D eigenvalue weighted by atomic mass is 9.87. The largest absolute Gasteiger partial charge is 0.365 e. The number of imide groups is 2. The molecule has 4 amide bonds. The second-order valence-electron chi connectivity index (χ2n) is 9.21. The van der Waals surface area contributed by atoms with Gasteiger partial charge in [-0.1, -0.05) is 31.2 Å². The molecule has 1 saturated heterocycles. The van der Waals surface area contributed by atoms with E-state index in [0.29, 0.717) is 12.1 Å². The minimum atomic E-state index is -0.729. The predicted octanol–water partition coefficient (Wildman–Crippen LogP) is 4.86. The second kappa shape index (κ2) is 8.03. The van der Waals surface area contributed by atoms with Gasteiger partial charge in [0.05, 0.1) is 11.2 Å². The van der Waals surface area contributed by atoms with Crippen molar-refractivity contribution in [3.63, 3.8) is 0 Å². The van der Waals surface area contributed by atoms with Crippen LogP contribution >= 0.6 is 0 Å². The zero-order chi connectivity index (χ0) is 24.1. The van der Waals surface area contributed by atoms with Crippen molar-refractivity contribution < 1.29 is 14.4 Å². The number of nitrogens with zero attached hydrogens (tertiary/aromatic N) is 2. The number of carbonyl (C=O) groups is 3. The molecule has 0 bridgehead atoms. The normalized spacial score (nSPS) is 18.9. The molecule has 0 aliphatic carbocycles. The fourth-order valence-electron chi connectivity index (χ4n) is 4.53. The maximum Gasteiger partial charge on any atom is 0.335 e. The number of urea groups is 1. The first-order valence-corrected chi connectivity index (χ1v) is 11.1. The van der Waals surface area contributed by atoms with E-state index >= 15 is 0 Å². The van der Waals surface area contributed by atoms with Gasteiger partial charge in [0.15, 0.2) is 0 Å². The van der Waals surface area contributed by atoms with Crippen LogP contribution in [0.25, 0.3) is 11.6 Å². The molecule has 6 nitrogen and oxygen atoms in total. The molecule has 1 N–H and O–H groups in total. The number of anilines is 2. The maximum atomic E-state index is 13.4. The van der Waals surface area contributed by atoms with E-state index in [1.807, 2.05) is 32.0 Å². The molecule has 4 rings (SSSR count). The number of para-hydroxylation sites is 1. The SMILES string of the molecule is CCc1ccccc1N1C(=O)NC(=O)/C(=C/c2cc3c(cc2C)N(C)C(C)(C)C=C3C)C1=O. The van der Waals surface area contributed by atoms with Crippen molar-refractivity contribution in [3.8, 4) is 0 Å². The van der Waals surface area contributed by atoms with E-state index in [-0.39, 0.29) is 11.1 Å². The number of nitrogens with one attached hydrogen (secondary N) is 1. The molecule has 2 heterocycles. The number of allylic oxidation sites excluding steroid dienone is 1. The number of barbiturate groups is 1. The smallest absolute Gasteiger partial charge is 0.335 e. The molecule has 2 aromatic rings. The molecule has 0 radical (unpaired) electrons. The van der Waals surface area contributed by atoms with Gasteiger partial charge in [-0.05, 0) is 80.7 Å². The highest BCUT2D eigenvalue weighted by atomic mass is 16.2. The molecular formula is C27H29N3O3. The molecule has 2 aliphatic rings. The Labute approximate surface area is 194 Å². The number of benzene rings is 2. The zero-order valence-electron chi connectivity index (χ0n) is 19.9. The van der Waals surface area contributed by atoms with Gasteiger partial charge in [-0.15, -0.1) is 0 Å². The third kappa shape index (κ3) is 3.75. The summed E-state index contributed by atoms with van der Waals surface area (Å²) in [5.41, 5.74) is 6.18. The maximum absolute atomic E-state index is 13.4. The first-order valence-electron chi connectivity index (χ1n) is 11.1. The number of amides is 4. The summed E-state index contributed by atoms with van der Waals surface area (Å²) >= 11 is 0. The van der Waals surface area contributed by atoms with Crippen molar-refractivity contribution >= 4 is 40.9 Å². The Morgan fingerprint density at radius 3 is 2.42 bits per heavy atom. The average molecular weight is 444 g/mol. The highest BCUT2D eigenvalue weighted by Gasteiger charge is 2.38. The Morgan fingerprint density at radius 1 is 1.03 bits per heavy atom. The fourth-order valence-corrected chi connectivity index (χ4v) is 4.53. The number of rotatable bonds is 3. The van der Waals surface area contributed by atoms with Gasteiger partial charge in [0.1, 0.15) is 5.57 Å². The number of hydrogen-bond acceptors (Lipinski definition) is 4. The molecule has 1 fully saturated rings. The van der Waals surface area contributed by atoms with Gasteiger partial charge < -0.3 is 4.90 Å². The number of likely N-dealkylation sites (N-methyl/N-ethyl adjacent to an activating group) is 1. The molecule has 0 spiro atoms. The standard InChI is InChI=1S/C27H29N3O3/c1-7-18-10-8-9-11-22(18)30-25(32)21(24(31)28-26(30)33)14-19-13-20-17(3)15-27(4,5)29(6)23(20)12-16(19)2/h8-15H,7H2,1-6H3,(H,28,31,33)/b21-14-. The Balaban J connectivity index is 1.81. The van der Waals surface area contributed by atoms with Crippen molar-refractivity contribution in [1.82, 2.24) is 5.32 Å². The highest BCUT2D eigenvalue weighted by molar-refractivity contribution is 6.39. The Kier molecular flexibility index (Phi) is 5.48. The number of hydrogen-bond donors (Lipinski definition) is 1. The summed E-state index contributed by atoms with van der Waals surface area (Å²) in [6.45, 7) is 10.3. The number of fused-ring (bicyclic) bond motifs is 1. The second-order valence-corrected chi connectivity index (χ2v) is 9.21. The average Bonchev–Trinajstić information content (AvgIpc) is 2.75. The minimum absolute atomic E-state index is 0.0605. The first-order chi connectivity index (χ1) is 15.5. The molecule has 170 valence electrons. The zero-order valence-corrected chi connectivity index (χ0v) is 19.9. The van der Waals surface area contributed by atoms with E-state index in [0.717, 1.165) is 38.4 Å². The third-order valence-electron chi connectivity index (χ3n) is 6.62. The number of carbonyl (C=O) groups excluding carboxylic acids is 3. The highest BCUT2D eigenvalue weighted by Crippen LogP contribution is 2.39. The van der Waals surface area contributed by atoms with Crippen LogP contribution < -0.4 is 15.1 Å². The van der Waals surface area contributed by atoms with Gasteiger partial charge >= 0.3 is 6.03 Å². The topological polar surface area (TPSA) is 69.7 Å². The Bertz CT molecular complexity index is 1250. The lowest BCUT2D eigenvalue weighted by molar-refractivity contribution is -0.122. The van der Waals surface area contributed by atoms with Crippen molar-refractivity contribution in [1.29, 1.82) is 0 Å². The van der Waals surface area contributed by atoms with Crippen molar-refractivity contribution in [2.45, 2.75) is 46.6 Å². The van der Waals surface area contributed by atoms with Gasteiger partial charge in [0.25, 0.3) is 11.8 Å². The monoisotopic (exact) mass is 443 g/mol. The molecule has 6 heteroatoms. The summed E-state index contributed by atoms with van der Waals surface area (Å²) in [7, 11) is 2.06. The van der Waals surface area contributed by atoms with Crippen LogP contribution in [-0.2, 0) is 16.0 Å². The summed E-state index contributed by atoms with van der Waals surface area (Å²) in [4.78, 5) is 42.0. The van der Waals surface area contributed by atoms with Gasteiger partial charge in [0, 0.05) is 18.3 Å². The van der Waals surface area contributed by atoms with Crippen LogP contribution in [0.5, 0.6) is 0 Å². The fraction of sp³-hybridized carbons (Fsp3) is 0.296. The minimum Gasteiger partial charge on any atom is -0.365 e. The molecule has 0 aromatic heterocycles. The van der Waals surface area contributed by atoms with Crippen LogP contribution in [0.1, 0.15) is 49.9 Å². The van der Waals surface area contributed by atoms with Crippen molar-refractivity contribution in [3.05, 3.63) is 70.3 Å². The van der Waals surface area contributed by atoms with Crippen LogP contribution in [0.15, 0.2) is 48.0 Å². The van der Waals surface area contributed by atoms with Crippen LogP contribution in [0.3, 0.4) is 0 Å². The summed E-state index contributed by atoms with van der Waals surface area (Å²) < 4.78 is 0. The third-order valence-corrected chi connectivity index (χ3v) is 6.62. The van der Waals surface area contributed by atoms with Crippen LogP contribution in [0, 0.1) is 6.92 Å². The molecule has 33 heavy (non-hydrogen) atoms. The van der Waals surface area contributed by atoms with E-state index in [1.54, 1.807) is 18.2 Å². The Hall–Kier alpha value is -3.67. The van der Waals surface area contributed by atoms with Crippen LogP contribution in [0.2, 0.25) is 0 Å². The molecule has 0 unspecified atom stereocenters. The summed E-state index contributed by atoms with van der Waals surface area (Å²) in [6, 6.07) is 10.6. The van der Waals surface area contributed by atoms with Gasteiger partial charge in [-0.2, -0.15) is 0 Å². The molecule has 2 aliphatic heterocycles. The van der Waals surface area contributed by atoms with Crippen LogP contribution in [0.4, 0.5) is 16.2 Å². The summed E-state index contributed by atoms with van der Waals surface area (Å²) in [6.07, 6.45) is 4.45. The van der Waals surface area contributed by atoms with E-state index < -0.39 is 17.8 Å². The van der Waals surface area contributed by atoms with Gasteiger partial charge in [-0.25, -0.2) is 9.69 Å². The molecular weight excluding hydrogens is 414 g/mol. The van der Waals surface area contributed by atoms with E-state index in [4.69, 9.17) is 0 Å². The molecule has 2 aromatic carbocycles. The number of aryl methyl sites for hydroxylation is 2. The van der Waals surface area contributed by atoms with Gasteiger partial charge in [-0.3, -0.25) is 14.9 Å². The van der Waals surface area contributed by atoms with Crippen LogP contribution in [-0.4, -0.2) is 30.4 Å². The van der Waals surface area contributed by atoms with Crippen molar-refractivity contribution in [2.75, 3.05) is 16.8 Å². The molecule has 0 saturated carbocycles. The van der Waals surface area contributed by atoms with E-state index in [9.17, 15) is 14.4 Å². The summed E-state index contributed by atoms with van der Waals surface area (Å²) in [5.74, 6) is -1.30.